The van der Waals surface area contributed by atoms with Gasteiger partial charge in [0.05, 0.1) is 11.6 Å². The fourth-order valence-corrected chi connectivity index (χ4v) is 2.21. The van der Waals surface area contributed by atoms with Crippen LogP contribution in [-0.4, -0.2) is 48.8 Å². The zero-order valence-electron chi connectivity index (χ0n) is 10.7. The number of aliphatic hydroxyl groups excluding tert-OH is 1. The molecule has 1 aromatic carbocycles. The number of fused-ring (bicyclic) bond motifs is 1. The Balaban J connectivity index is 2.29. The monoisotopic (exact) mass is 285 g/mol. The predicted octanol–water partition coefficient (Wildman–Crippen LogP) is 1.57. The first-order valence-corrected chi connectivity index (χ1v) is 6.54. The highest BCUT2D eigenvalue weighted by Gasteiger charge is 2.21. The molecule has 5 nitrogen and oxygen atoms in total. The fraction of sp³-hybridized carbons (Fsp3) is 0.462. The molecule has 2 rings (SSSR count). The summed E-state index contributed by atoms with van der Waals surface area (Å²) in [6, 6.07) is 3.19. The van der Waals surface area contributed by atoms with Gasteiger partial charge in [0.25, 0.3) is 5.91 Å². The van der Waals surface area contributed by atoms with E-state index in [4.69, 9.17) is 26.2 Å². The summed E-state index contributed by atoms with van der Waals surface area (Å²) in [5.41, 5.74) is 0.435. The van der Waals surface area contributed by atoms with Gasteiger partial charge in [-0.2, -0.15) is 0 Å². The van der Waals surface area contributed by atoms with Crippen molar-refractivity contribution in [2.75, 3.05) is 32.9 Å². The molecule has 1 heterocycles. The Labute approximate surface area is 116 Å². The van der Waals surface area contributed by atoms with Crippen LogP contribution < -0.4 is 9.47 Å². The van der Waals surface area contributed by atoms with Crippen molar-refractivity contribution in [1.29, 1.82) is 0 Å². The molecule has 0 bridgehead atoms. The molecule has 0 spiro atoms. The molecule has 19 heavy (non-hydrogen) atoms. The normalized spacial score (nSPS) is 13.2. The van der Waals surface area contributed by atoms with E-state index in [2.05, 4.69) is 0 Å². The van der Waals surface area contributed by atoms with E-state index in [1.54, 1.807) is 17.0 Å². The maximum Gasteiger partial charge on any atom is 0.254 e. The average molecular weight is 286 g/mol. The van der Waals surface area contributed by atoms with Crippen molar-refractivity contribution >= 4 is 17.5 Å². The van der Waals surface area contributed by atoms with Gasteiger partial charge in [-0.15, -0.1) is 0 Å². The van der Waals surface area contributed by atoms with Gasteiger partial charge in [0, 0.05) is 18.7 Å². The molecular formula is C13H16ClNO4. The molecule has 0 saturated heterocycles. The van der Waals surface area contributed by atoms with Crippen LogP contribution in [0.5, 0.6) is 11.5 Å². The van der Waals surface area contributed by atoms with Gasteiger partial charge in [0.2, 0.25) is 0 Å². The molecule has 1 N–H and O–H groups in total. The lowest BCUT2D eigenvalue weighted by Gasteiger charge is -2.23. The summed E-state index contributed by atoms with van der Waals surface area (Å²) < 4.78 is 10.8. The van der Waals surface area contributed by atoms with Gasteiger partial charge in [0.15, 0.2) is 11.5 Å². The lowest BCUT2D eigenvalue weighted by atomic mass is 10.1. The van der Waals surface area contributed by atoms with E-state index in [1.807, 2.05) is 6.92 Å². The first-order chi connectivity index (χ1) is 9.17. The standard InChI is InChI=1S/C13H16ClNO4/c1-2-15(3-4-16)13(17)9-7-10(14)12-11(8-9)18-5-6-19-12/h7-8,16H,2-6H2,1H3. The van der Waals surface area contributed by atoms with Crippen LogP contribution in [0.1, 0.15) is 17.3 Å². The summed E-state index contributed by atoms with van der Waals surface area (Å²) in [6.07, 6.45) is 0. The number of ether oxygens (including phenoxy) is 2. The molecule has 104 valence electrons. The van der Waals surface area contributed by atoms with Crippen molar-refractivity contribution in [3.63, 3.8) is 0 Å². The van der Waals surface area contributed by atoms with E-state index in [0.717, 1.165) is 0 Å². The number of halogens is 1. The summed E-state index contributed by atoms with van der Waals surface area (Å²) in [6.45, 7) is 3.48. The first-order valence-electron chi connectivity index (χ1n) is 6.16. The molecule has 0 aliphatic carbocycles. The number of aliphatic hydroxyl groups is 1. The molecule has 0 unspecified atom stereocenters. The van der Waals surface area contributed by atoms with Crippen molar-refractivity contribution in [3.8, 4) is 11.5 Å². The van der Waals surface area contributed by atoms with Gasteiger partial charge < -0.3 is 19.5 Å². The summed E-state index contributed by atoms with van der Waals surface area (Å²) in [4.78, 5) is 13.8. The zero-order valence-corrected chi connectivity index (χ0v) is 11.4. The topological polar surface area (TPSA) is 59.0 Å². The van der Waals surface area contributed by atoms with Crippen molar-refractivity contribution in [3.05, 3.63) is 22.7 Å². The van der Waals surface area contributed by atoms with Gasteiger partial charge in [-0.1, -0.05) is 11.6 Å². The van der Waals surface area contributed by atoms with Gasteiger partial charge in [-0.25, -0.2) is 0 Å². The van der Waals surface area contributed by atoms with Crippen LogP contribution in [0.2, 0.25) is 5.02 Å². The third-order valence-corrected chi connectivity index (χ3v) is 3.16. The van der Waals surface area contributed by atoms with E-state index in [9.17, 15) is 4.79 Å². The largest absolute Gasteiger partial charge is 0.486 e. The zero-order chi connectivity index (χ0) is 13.8. The highest BCUT2D eigenvalue weighted by Crippen LogP contribution is 2.38. The molecule has 0 saturated carbocycles. The number of carbonyl (C=O) groups excluding carboxylic acids is 1. The second kappa shape index (κ2) is 6.12. The Kier molecular flexibility index (Phi) is 4.50. The van der Waals surface area contributed by atoms with Crippen LogP contribution in [0.15, 0.2) is 12.1 Å². The lowest BCUT2D eigenvalue weighted by Crippen LogP contribution is -2.33. The van der Waals surface area contributed by atoms with Crippen LogP contribution in [0, 0.1) is 0 Å². The third-order valence-electron chi connectivity index (χ3n) is 2.88. The molecule has 6 heteroatoms. The van der Waals surface area contributed by atoms with Gasteiger partial charge in [0.1, 0.15) is 13.2 Å². The minimum Gasteiger partial charge on any atom is -0.486 e. The summed E-state index contributed by atoms with van der Waals surface area (Å²) in [7, 11) is 0. The first kappa shape index (κ1) is 14.0. The van der Waals surface area contributed by atoms with Crippen LogP contribution in [0.25, 0.3) is 0 Å². The lowest BCUT2D eigenvalue weighted by molar-refractivity contribution is 0.0731. The SMILES string of the molecule is CCN(CCO)C(=O)c1cc(Cl)c2c(c1)OCCO2. The maximum atomic E-state index is 12.3. The molecule has 0 fully saturated rings. The number of benzene rings is 1. The maximum absolute atomic E-state index is 12.3. The van der Waals surface area contributed by atoms with Gasteiger partial charge in [-0.3, -0.25) is 4.79 Å². The number of nitrogens with zero attached hydrogens (tertiary/aromatic N) is 1. The van der Waals surface area contributed by atoms with Crippen molar-refractivity contribution in [1.82, 2.24) is 4.90 Å². The van der Waals surface area contributed by atoms with Gasteiger partial charge >= 0.3 is 0 Å². The summed E-state index contributed by atoms with van der Waals surface area (Å²) >= 11 is 6.09. The Hall–Kier alpha value is -1.46. The molecule has 1 aliphatic rings. The number of carbonyl (C=O) groups is 1. The quantitative estimate of drug-likeness (QED) is 0.912. The van der Waals surface area contributed by atoms with E-state index in [0.29, 0.717) is 48.4 Å². The minimum absolute atomic E-state index is 0.0716. The minimum atomic E-state index is -0.185. The molecule has 0 atom stereocenters. The second-order valence-corrected chi connectivity index (χ2v) is 4.50. The average Bonchev–Trinajstić information content (AvgIpc) is 2.44. The smallest absolute Gasteiger partial charge is 0.254 e. The number of likely N-dealkylation sites (N-methyl/N-ethyl adjacent to an activating group) is 1. The number of amides is 1. The molecule has 0 radical (unpaired) electrons. The molecule has 1 amide bonds. The molecular weight excluding hydrogens is 270 g/mol. The van der Waals surface area contributed by atoms with E-state index >= 15 is 0 Å². The van der Waals surface area contributed by atoms with Gasteiger partial charge in [-0.05, 0) is 19.1 Å². The second-order valence-electron chi connectivity index (χ2n) is 4.09. The van der Waals surface area contributed by atoms with Crippen molar-refractivity contribution in [2.45, 2.75) is 6.92 Å². The number of hydrogen-bond donors (Lipinski definition) is 1. The summed E-state index contributed by atoms with van der Waals surface area (Å²) in [5.74, 6) is 0.784. The molecule has 0 aromatic heterocycles. The van der Waals surface area contributed by atoms with Crippen LogP contribution in [0.4, 0.5) is 0 Å². The Morgan fingerprint density at radius 2 is 2.16 bits per heavy atom. The van der Waals surface area contributed by atoms with Crippen LogP contribution in [-0.2, 0) is 0 Å². The van der Waals surface area contributed by atoms with Crippen molar-refractivity contribution in [2.24, 2.45) is 0 Å². The number of rotatable bonds is 4. The third kappa shape index (κ3) is 2.93. The predicted molar refractivity (Wildman–Crippen MR) is 71.1 cm³/mol. The summed E-state index contributed by atoms with van der Waals surface area (Å²) in [5, 5.41) is 9.31. The Bertz CT molecular complexity index is 478. The van der Waals surface area contributed by atoms with Crippen molar-refractivity contribution < 1.29 is 19.4 Å². The fourth-order valence-electron chi connectivity index (χ4n) is 1.94. The van der Waals surface area contributed by atoms with E-state index in [-0.39, 0.29) is 12.5 Å². The highest BCUT2D eigenvalue weighted by molar-refractivity contribution is 6.32. The highest BCUT2D eigenvalue weighted by atomic mass is 35.5. The number of hydrogen-bond acceptors (Lipinski definition) is 4. The van der Waals surface area contributed by atoms with Crippen LogP contribution in [0.3, 0.4) is 0 Å². The Morgan fingerprint density at radius 3 is 2.84 bits per heavy atom. The Morgan fingerprint density at radius 1 is 1.42 bits per heavy atom. The van der Waals surface area contributed by atoms with Crippen LogP contribution >= 0.6 is 11.6 Å². The molecule has 1 aromatic rings. The van der Waals surface area contributed by atoms with E-state index in [1.165, 1.54) is 0 Å². The molecule has 1 aliphatic heterocycles. The van der Waals surface area contributed by atoms with E-state index < -0.39 is 0 Å².